The third kappa shape index (κ3) is 5.80. The molecule has 0 aromatic rings. The predicted octanol–water partition coefficient (Wildman–Crippen LogP) is 2.45. The lowest BCUT2D eigenvalue weighted by molar-refractivity contribution is 0.341. The van der Waals surface area contributed by atoms with E-state index in [0.29, 0.717) is 0 Å². The number of halogens is 1. The third-order valence-corrected chi connectivity index (χ3v) is 2.75. The van der Waals surface area contributed by atoms with Gasteiger partial charge in [-0.15, -0.1) is 11.8 Å². The molecule has 0 aliphatic heterocycles. The molecule has 10 heavy (non-hydrogen) atoms. The van der Waals surface area contributed by atoms with E-state index in [4.69, 9.17) is 0 Å². The summed E-state index contributed by atoms with van der Waals surface area (Å²) in [7, 11) is 0. The Labute approximate surface area is 82.1 Å². The fourth-order valence-electron chi connectivity index (χ4n) is 0.780. The summed E-state index contributed by atoms with van der Waals surface area (Å²) < 4.78 is 1.28. The number of hydrogen-bond acceptors (Lipinski definition) is 2. The second-order valence-corrected chi connectivity index (χ2v) is 4.09. The van der Waals surface area contributed by atoms with Gasteiger partial charge in [0.1, 0.15) is 0 Å². The van der Waals surface area contributed by atoms with E-state index < -0.39 is 0 Å². The van der Waals surface area contributed by atoms with E-state index in [-0.39, 0.29) is 0 Å². The minimum Gasteiger partial charge on any atom is -0.294 e. The second-order valence-electron chi connectivity index (χ2n) is 2.17. The van der Waals surface area contributed by atoms with Crippen molar-refractivity contribution >= 4 is 34.4 Å². The van der Waals surface area contributed by atoms with E-state index in [1.54, 1.807) is 0 Å². The van der Waals surface area contributed by atoms with Crippen LogP contribution in [0.2, 0.25) is 0 Å². The molecule has 0 aliphatic rings. The molecule has 0 bridgehead atoms. The van der Waals surface area contributed by atoms with E-state index in [2.05, 4.69) is 40.7 Å². The standard InChI is InChI=1S/C7H16INS/c1-3-9(7-10-2)6-4-5-8/h3-7H2,1-2H3. The van der Waals surface area contributed by atoms with Gasteiger partial charge in [0.2, 0.25) is 0 Å². The summed E-state index contributed by atoms with van der Waals surface area (Å²) in [5.74, 6) is 1.19. The molecule has 0 spiro atoms. The first-order valence-electron chi connectivity index (χ1n) is 3.62. The monoisotopic (exact) mass is 273 g/mol. The van der Waals surface area contributed by atoms with E-state index >= 15 is 0 Å². The molecule has 0 unspecified atom stereocenters. The first-order valence-corrected chi connectivity index (χ1v) is 6.54. The van der Waals surface area contributed by atoms with Crippen LogP contribution in [-0.2, 0) is 0 Å². The van der Waals surface area contributed by atoms with E-state index in [9.17, 15) is 0 Å². The topological polar surface area (TPSA) is 3.24 Å². The summed E-state index contributed by atoms with van der Waals surface area (Å²) in [6.45, 7) is 4.68. The van der Waals surface area contributed by atoms with Crippen LogP contribution >= 0.6 is 34.4 Å². The Morgan fingerprint density at radius 2 is 2.20 bits per heavy atom. The van der Waals surface area contributed by atoms with Crippen LogP contribution in [0.1, 0.15) is 13.3 Å². The van der Waals surface area contributed by atoms with E-state index in [1.165, 1.54) is 29.8 Å². The van der Waals surface area contributed by atoms with Crippen LogP contribution in [0, 0.1) is 0 Å². The van der Waals surface area contributed by atoms with Crippen molar-refractivity contribution in [2.24, 2.45) is 0 Å². The number of nitrogens with zero attached hydrogens (tertiary/aromatic N) is 1. The van der Waals surface area contributed by atoms with Crippen molar-refractivity contribution in [3.63, 3.8) is 0 Å². The highest BCUT2D eigenvalue weighted by atomic mass is 127. The molecule has 0 saturated heterocycles. The van der Waals surface area contributed by atoms with Gasteiger partial charge < -0.3 is 0 Å². The van der Waals surface area contributed by atoms with Crippen molar-refractivity contribution in [2.45, 2.75) is 13.3 Å². The third-order valence-electron chi connectivity index (χ3n) is 1.37. The Hall–Kier alpha value is 1.04. The highest BCUT2D eigenvalue weighted by Gasteiger charge is 1.97. The first kappa shape index (κ1) is 11.0. The minimum atomic E-state index is 1.19. The van der Waals surface area contributed by atoms with Crippen molar-refractivity contribution in [3.8, 4) is 0 Å². The lowest BCUT2D eigenvalue weighted by atomic mass is 10.4. The summed E-state index contributed by atoms with van der Waals surface area (Å²) in [6, 6.07) is 0. The SMILES string of the molecule is CCN(CCCI)CSC. The van der Waals surface area contributed by atoms with Crippen LogP contribution in [0.25, 0.3) is 0 Å². The van der Waals surface area contributed by atoms with Gasteiger partial charge in [-0.3, -0.25) is 4.90 Å². The zero-order chi connectivity index (χ0) is 7.82. The van der Waals surface area contributed by atoms with Crippen LogP contribution in [0.15, 0.2) is 0 Å². The summed E-state index contributed by atoms with van der Waals surface area (Å²) in [5, 5.41) is 0. The van der Waals surface area contributed by atoms with Crippen LogP contribution in [-0.4, -0.2) is 34.5 Å². The molecule has 0 radical (unpaired) electrons. The van der Waals surface area contributed by atoms with Crippen molar-refractivity contribution in [3.05, 3.63) is 0 Å². The number of hydrogen-bond donors (Lipinski definition) is 0. The van der Waals surface area contributed by atoms with Gasteiger partial charge in [0.15, 0.2) is 0 Å². The van der Waals surface area contributed by atoms with Crippen LogP contribution in [0.3, 0.4) is 0 Å². The Kier molecular flexibility index (Phi) is 8.99. The Bertz CT molecular complexity index is 70.6. The zero-order valence-corrected chi connectivity index (χ0v) is 9.74. The molecule has 0 amide bonds. The highest BCUT2D eigenvalue weighted by molar-refractivity contribution is 14.1. The van der Waals surface area contributed by atoms with Crippen LogP contribution < -0.4 is 0 Å². The van der Waals surface area contributed by atoms with Crippen molar-refractivity contribution in [2.75, 3.05) is 29.6 Å². The molecule has 0 saturated carbocycles. The predicted molar refractivity (Wildman–Crippen MR) is 59.1 cm³/mol. The summed E-state index contributed by atoms with van der Waals surface area (Å²) >= 11 is 4.34. The van der Waals surface area contributed by atoms with E-state index in [0.717, 1.165) is 0 Å². The molecular weight excluding hydrogens is 257 g/mol. The largest absolute Gasteiger partial charge is 0.294 e. The van der Waals surface area contributed by atoms with Gasteiger partial charge in [-0.2, -0.15) is 0 Å². The van der Waals surface area contributed by atoms with Crippen LogP contribution in [0.4, 0.5) is 0 Å². The number of alkyl halides is 1. The van der Waals surface area contributed by atoms with Gasteiger partial charge in [0.05, 0.1) is 0 Å². The average Bonchev–Trinajstić information content (AvgIpc) is 1.98. The number of thioether (sulfide) groups is 1. The minimum absolute atomic E-state index is 1.19. The molecule has 0 fully saturated rings. The van der Waals surface area contributed by atoms with Gasteiger partial charge in [0.25, 0.3) is 0 Å². The lowest BCUT2D eigenvalue weighted by Crippen LogP contribution is -2.23. The molecule has 0 aromatic carbocycles. The molecule has 0 heterocycles. The quantitative estimate of drug-likeness (QED) is 0.415. The Morgan fingerprint density at radius 3 is 2.60 bits per heavy atom. The number of rotatable bonds is 6. The highest BCUT2D eigenvalue weighted by Crippen LogP contribution is 2.00. The average molecular weight is 273 g/mol. The molecule has 62 valence electrons. The first-order chi connectivity index (χ1) is 4.85. The summed E-state index contributed by atoms with van der Waals surface area (Å²) in [5.41, 5.74) is 0. The van der Waals surface area contributed by atoms with Gasteiger partial charge >= 0.3 is 0 Å². The van der Waals surface area contributed by atoms with Crippen molar-refractivity contribution < 1.29 is 0 Å². The van der Waals surface area contributed by atoms with Crippen molar-refractivity contribution in [1.82, 2.24) is 4.90 Å². The zero-order valence-electron chi connectivity index (χ0n) is 6.77. The van der Waals surface area contributed by atoms with Crippen LogP contribution in [0.5, 0.6) is 0 Å². The Morgan fingerprint density at radius 1 is 1.50 bits per heavy atom. The van der Waals surface area contributed by atoms with Crippen molar-refractivity contribution in [1.29, 1.82) is 0 Å². The van der Waals surface area contributed by atoms with Gasteiger partial charge in [-0.05, 0) is 25.8 Å². The van der Waals surface area contributed by atoms with Gasteiger partial charge in [-0.1, -0.05) is 29.5 Å². The normalized spacial score (nSPS) is 10.8. The smallest absolute Gasteiger partial charge is 0.0441 e. The molecular formula is C7H16INS. The molecule has 0 rings (SSSR count). The summed E-state index contributed by atoms with van der Waals surface area (Å²) in [4.78, 5) is 2.48. The second kappa shape index (κ2) is 8.14. The fourth-order valence-corrected chi connectivity index (χ4v) is 1.80. The molecule has 0 atom stereocenters. The molecule has 0 N–H and O–H groups in total. The van der Waals surface area contributed by atoms with Gasteiger partial charge in [-0.25, -0.2) is 0 Å². The Balaban J connectivity index is 3.21. The molecule has 1 nitrogen and oxygen atoms in total. The maximum atomic E-state index is 2.48. The maximum Gasteiger partial charge on any atom is 0.0441 e. The lowest BCUT2D eigenvalue weighted by Gasteiger charge is -2.17. The molecule has 3 heteroatoms. The molecule has 0 aliphatic carbocycles. The maximum absolute atomic E-state index is 2.48. The summed E-state index contributed by atoms with van der Waals surface area (Å²) in [6.07, 6.45) is 3.49. The fraction of sp³-hybridized carbons (Fsp3) is 1.00. The van der Waals surface area contributed by atoms with E-state index in [1.807, 2.05) is 11.8 Å². The molecule has 0 aromatic heterocycles. The van der Waals surface area contributed by atoms with Gasteiger partial charge in [0, 0.05) is 10.3 Å².